The molecular weight excluding hydrogens is 259 g/mol. The molecule has 0 atom stereocenters. The van der Waals surface area contributed by atoms with Gasteiger partial charge < -0.3 is 4.74 Å². The molecule has 0 radical (unpaired) electrons. The molecule has 0 unspecified atom stereocenters. The second kappa shape index (κ2) is 5.32. The molecule has 100 valence electrons. The van der Waals surface area contributed by atoms with Crippen LogP contribution in [0, 0.1) is 0 Å². The van der Waals surface area contributed by atoms with E-state index in [4.69, 9.17) is 0 Å². The Kier molecular flexibility index (Phi) is 4.26. The van der Waals surface area contributed by atoms with Gasteiger partial charge in [0.15, 0.2) is 5.78 Å². The van der Waals surface area contributed by atoms with Gasteiger partial charge in [-0.15, -0.1) is 13.2 Å². The molecule has 0 heterocycles. The number of halogens is 5. The Hall–Kier alpha value is -1.66. The maximum absolute atomic E-state index is 12.5. The summed E-state index contributed by atoms with van der Waals surface area (Å²) in [5, 5.41) is 0. The normalized spacial score (nSPS) is 11.7. The molecule has 0 saturated carbocycles. The smallest absolute Gasteiger partial charge is 0.406 e. The highest BCUT2D eigenvalue weighted by Gasteiger charge is 2.31. The van der Waals surface area contributed by atoms with E-state index >= 15 is 0 Å². The van der Waals surface area contributed by atoms with Crippen LogP contribution >= 0.6 is 0 Å². The Balaban J connectivity index is 3.18. The lowest BCUT2D eigenvalue weighted by molar-refractivity contribution is -0.274. The molecule has 0 spiro atoms. The molecule has 7 heteroatoms. The number of alkyl halides is 5. The molecular formula is C11H9F5O2. The topological polar surface area (TPSA) is 26.3 Å². The van der Waals surface area contributed by atoms with Gasteiger partial charge in [-0.1, -0.05) is 6.92 Å². The maximum Gasteiger partial charge on any atom is 0.573 e. The Morgan fingerprint density at radius 2 is 1.89 bits per heavy atom. The van der Waals surface area contributed by atoms with Crippen molar-refractivity contribution in [3.05, 3.63) is 29.3 Å². The highest BCUT2D eigenvalue weighted by Crippen LogP contribution is 2.29. The lowest BCUT2D eigenvalue weighted by Gasteiger charge is -2.11. The average molecular weight is 268 g/mol. The minimum atomic E-state index is -4.99. The van der Waals surface area contributed by atoms with Gasteiger partial charge in [-0.05, 0) is 18.2 Å². The number of hydrogen-bond donors (Lipinski definition) is 0. The maximum atomic E-state index is 12.5. The van der Waals surface area contributed by atoms with Gasteiger partial charge in [-0.2, -0.15) is 0 Å². The molecule has 0 bridgehead atoms. The third-order valence-electron chi connectivity index (χ3n) is 2.06. The predicted molar refractivity (Wildman–Crippen MR) is 52.7 cm³/mol. The highest BCUT2D eigenvalue weighted by molar-refractivity contribution is 5.96. The summed E-state index contributed by atoms with van der Waals surface area (Å²) in [7, 11) is 0. The fourth-order valence-corrected chi connectivity index (χ4v) is 1.31. The van der Waals surface area contributed by atoms with Crippen molar-refractivity contribution in [2.45, 2.75) is 26.1 Å². The van der Waals surface area contributed by atoms with Crippen LogP contribution in [0.15, 0.2) is 18.2 Å². The molecule has 2 nitrogen and oxygen atoms in total. The largest absolute Gasteiger partial charge is 0.573 e. The number of carbonyl (C=O) groups excluding carboxylic acids is 1. The Morgan fingerprint density at radius 3 is 2.33 bits per heavy atom. The zero-order chi connectivity index (χ0) is 13.9. The molecule has 0 aliphatic rings. The minimum Gasteiger partial charge on any atom is -0.406 e. The van der Waals surface area contributed by atoms with Gasteiger partial charge in [0, 0.05) is 17.5 Å². The van der Waals surface area contributed by atoms with E-state index < -0.39 is 29.9 Å². The monoisotopic (exact) mass is 268 g/mol. The molecule has 1 aromatic carbocycles. The van der Waals surface area contributed by atoms with E-state index in [0.717, 1.165) is 12.1 Å². The van der Waals surface area contributed by atoms with Crippen molar-refractivity contribution in [3.8, 4) is 5.75 Å². The van der Waals surface area contributed by atoms with E-state index in [0.29, 0.717) is 6.07 Å². The third kappa shape index (κ3) is 3.97. The van der Waals surface area contributed by atoms with E-state index in [-0.39, 0.29) is 12.0 Å². The van der Waals surface area contributed by atoms with Crippen LogP contribution in [-0.4, -0.2) is 12.1 Å². The second-order valence-electron chi connectivity index (χ2n) is 3.42. The number of ketones is 1. The van der Waals surface area contributed by atoms with Crippen molar-refractivity contribution in [3.63, 3.8) is 0 Å². The van der Waals surface area contributed by atoms with E-state index in [1.54, 1.807) is 0 Å². The van der Waals surface area contributed by atoms with Gasteiger partial charge in [0.2, 0.25) is 0 Å². The molecule has 0 fully saturated rings. The first-order valence-electron chi connectivity index (χ1n) is 4.95. The fraction of sp³-hybridized carbons (Fsp3) is 0.364. The van der Waals surface area contributed by atoms with Crippen molar-refractivity contribution >= 4 is 5.78 Å². The molecule has 0 N–H and O–H groups in total. The van der Waals surface area contributed by atoms with Gasteiger partial charge in [-0.3, -0.25) is 4.79 Å². The summed E-state index contributed by atoms with van der Waals surface area (Å²) in [6, 6.07) is 2.22. The Labute approximate surface area is 99.4 Å². The lowest BCUT2D eigenvalue weighted by atomic mass is 10.1. The van der Waals surface area contributed by atoms with Crippen molar-refractivity contribution < 1.29 is 31.5 Å². The zero-order valence-corrected chi connectivity index (χ0v) is 9.22. The van der Waals surface area contributed by atoms with E-state index in [2.05, 4.69) is 4.74 Å². The molecule has 1 rings (SSSR count). The number of hydrogen-bond acceptors (Lipinski definition) is 2. The minimum absolute atomic E-state index is 0.00184. The summed E-state index contributed by atoms with van der Waals surface area (Å²) < 4.78 is 64.5. The zero-order valence-electron chi connectivity index (χ0n) is 9.22. The van der Waals surface area contributed by atoms with E-state index in [1.807, 2.05) is 0 Å². The first-order chi connectivity index (χ1) is 8.23. The molecule has 18 heavy (non-hydrogen) atoms. The second-order valence-corrected chi connectivity index (χ2v) is 3.42. The van der Waals surface area contributed by atoms with Gasteiger partial charge in [0.25, 0.3) is 6.43 Å². The van der Waals surface area contributed by atoms with Crippen LogP contribution in [0.3, 0.4) is 0 Å². The highest BCUT2D eigenvalue weighted by atomic mass is 19.4. The summed E-state index contributed by atoms with van der Waals surface area (Å²) in [4.78, 5) is 11.3. The van der Waals surface area contributed by atoms with Crippen LogP contribution in [-0.2, 0) is 0 Å². The van der Waals surface area contributed by atoms with Crippen LogP contribution in [0.4, 0.5) is 22.0 Å². The molecule has 0 saturated heterocycles. The number of benzene rings is 1. The third-order valence-corrected chi connectivity index (χ3v) is 2.06. The molecule has 1 aromatic rings. The summed E-state index contributed by atoms with van der Waals surface area (Å²) in [6.07, 6.45) is -7.98. The van der Waals surface area contributed by atoms with Crippen LogP contribution in [0.1, 0.15) is 35.7 Å². The first-order valence-corrected chi connectivity index (χ1v) is 4.95. The summed E-state index contributed by atoms with van der Waals surface area (Å²) in [6.45, 7) is 1.47. The summed E-state index contributed by atoms with van der Waals surface area (Å²) >= 11 is 0. The van der Waals surface area contributed by atoms with Gasteiger partial charge >= 0.3 is 6.36 Å². The number of rotatable bonds is 4. The van der Waals surface area contributed by atoms with Gasteiger partial charge in [-0.25, -0.2) is 8.78 Å². The summed E-state index contributed by atoms with van der Waals surface area (Å²) in [5.41, 5.74) is -0.914. The average Bonchev–Trinajstić information content (AvgIpc) is 2.25. The Bertz CT molecular complexity index is 440. The van der Waals surface area contributed by atoms with Crippen LogP contribution in [0.25, 0.3) is 0 Å². The lowest BCUT2D eigenvalue weighted by Crippen LogP contribution is -2.17. The van der Waals surface area contributed by atoms with Crippen LogP contribution in [0.2, 0.25) is 0 Å². The molecule has 0 aromatic heterocycles. The summed E-state index contributed by atoms with van der Waals surface area (Å²) in [5.74, 6) is -1.36. The molecule has 0 aliphatic carbocycles. The van der Waals surface area contributed by atoms with Gasteiger partial charge in [0.1, 0.15) is 5.75 Å². The molecule has 0 aliphatic heterocycles. The fourth-order valence-electron chi connectivity index (χ4n) is 1.31. The van der Waals surface area contributed by atoms with Crippen molar-refractivity contribution in [2.75, 3.05) is 0 Å². The van der Waals surface area contributed by atoms with E-state index in [9.17, 15) is 26.7 Å². The van der Waals surface area contributed by atoms with Gasteiger partial charge in [0.05, 0.1) is 0 Å². The first kappa shape index (κ1) is 14.4. The predicted octanol–water partition coefficient (Wildman–Crippen LogP) is 4.12. The van der Waals surface area contributed by atoms with Crippen LogP contribution in [0.5, 0.6) is 5.75 Å². The van der Waals surface area contributed by atoms with Crippen molar-refractivity contribution in [1.82, 2.24) is 0 Å². The standard InChI is InChI=1S/C11H9F5O2/c1-2-9(17)6-3-7(10(12)13)5-8(4-6)18-11(14,15)16/h3-5,10H,2H2,1H3. The number of Topliss-reactive ketones (excluding diaryl/α,β-unsaturated/α-hetero) is 1. The Morgan fingerprint density at radius 1 is 1.28 bits per heavy atom. The van der Waals surface area contributed by atoms with Crippen molar-refractivity contribution in [1.29, 1.82) is 0 Å². The quantitative estimate of drug-likeness (QED) is 0.606. The van der Waals surface area contributed by atoms with Crippen LogP contribution < -0.4 is 4.74 Å². The van der Waals surface area contributed by atoms with Crippen molar-refractivity contribution in [2.24, 2.45) is 0 Å². The number of carbonyl (C=O) groups is 1. The molecule has 0 amide bonds. The SMILES string of the molecule is CCC(=O)c1cc(OC(F)(F)F)cc(C(F)F)c1. The number of ether oxygens (including phenoxy) is 1. The van der Waals surface area contributed by atoms with E-state index in [1.165, 1.54) is 6.92 Å².